The normalized spacial score (nSPS) is 22.2. The van der Waals surface area contributed by atoms with E-state index < -0.39 is 16.0 Å². The van der Waals surface area contributed by atoms with Crippen molar-refractivity contribution in [3.8, 4) is 11.5 Å². The van der Waals surface area contributed by atoms with Crippen LogP contribution in [0.15, 0.2) is 30.7 Å². The van der Waals surface area contributed by atoms with Gasteiger partial charge in [-0.1, -0.05) is 0 Å². The largest absolute Gasteiger partial charge is 0.451 e. The van der Waals surface area contributed by atoms with E-state index in [0.717, 1.165) is 58.4 Å². The average Bonchev–Trinajstić information content (AvgIpc) is 2.99. The third-order valence-corrected chi connectivity index (χ3v) is 10.1. The summed E-state index contributed by atoms with van der Waals surface area (Å²) in [7, 11) is -2.08. The van der Waals surface area contributed by atoms with E-state index >= 15 is 0 Å². The molecule has 2 atom stereocenters. The topological polar surface area (TPSA) is 129 Å². The van der Waals surface area contributed by atoms with Crippen molar-refractivity contribution in [1.82, 2.24) is 29.2 Å². The molecule has 3 aliphatic heterocycles. The number of ether oxygens (including phenoxy) is 2. The van der Waals surface area contributed by atoms with Crippen LogP contribution in [0.1, 0.15) is 56.8 Å². The van der Waals surface area contributed by atoms with Crippen LogP contribution in [0.5, 0.6) is 11.5 Å². The van der Waals surface area contributed by atoms with E-state index in [0.29, 0.717) is 24.7 Å². The van der Waals surface area contributed by atoms with Crippen LogP contribution in [-0.2, 0) is 14.9 Å². The number of nitrogens with zero attached hydrogens (tertiary/aromatic N) is 5. The summed E-state index contributed by atoms with van der Waals surface area (Å²) < 4.78 is 54.8. The summed E-state index contributed by atoms with van der Waals surface area (Å²) in [6.45, 7) is 11.1. The van der Waals surface area contributed by atoms with Crippen LogP contribution in [-0.4, -0.2) is 105 Å². The lowest BCUT2D eigenvalue weighted by atomic mass is 9.72. The molecule has 3 aliphatic rings. The highest BCUT2D eigenvalue weighted by Gasteiger charge is 2.46. The predicted molar refractivity (Wildman–Crippen MR) is 165 cm³/mol. The smallest absolute Gasteiger partial charge is 0.276 e. The number of hydrogen-bond acceptors (Lipinski definition) is 9. The van der Waals surface area contributed by atoms with Crippen LogP contribution in [0.25, 0.3) is 0 Å². The Labute approximate surface area is 259 Å². The van der Waals surface area contributed by atoms with E-state index in [4.69, 9.17) is 9.47 Å². The van der Waals surface area contributed by atoms with Crippen molar-refractivity contribution in [1.29, 1.82) is 0 Å². The molecule has 1 aromatic carbocycles. The quantitative estimate of drug-likeness (QED) is 0.384. The van der Waals surface area contributed by atoms with Gasteiger partial charge in [0.05, 0.1) is 24.5 Å². The molecule has 2 N–H and O–H groups in total. The Balaban J connectivity index is 1.16. The van der Waals surface area contributed by atoms with E-state index in [9.17, 15) is 17.6 Å². The number of carbonyl (C=O) groups is 1. The lowest BCUT2D eigenvalue weighted by Crippen LogP contribution is -2.61. The van der Waals surface area contributed by atoms with Crippen LogP contribution in [0.3, 0.4) is 0 Å². The zero-order valence-corrected chi connectivity index (χ0v) is 26.8. The molecule has 5 rings (SSSR count). The monoisotopic (exact) mass is 633 g/mol. The minimum atomic E-state index is -3.47. The van der Waals surface area contributed by atoms with Crippen molar-refractivity contribution >= 4 is 21.9 Å². The highest BCUT2D eigenvalue weighted by Crippen LogP contribution is 2.45. The van der Waals surface area contributed by atoms with Gasteiger partial charge >= 0.3 is 0 Å². The Bertz CT molecular complexity index is 1400. The number of benzene rings is 1. The highest BCUT2D eigenvalue weighted by molar-refractivity contribution is 7.87. The summed E-state index contributed by atoms with van der Waals surface area (Å²) in [5.41, 5.74) is 0.359. The second kappa shape index (κ2) is 13.6. The number of amides is 1. The van der Waals surface area contributed by atoms with Crippen molar-refractivity contribution in [2.45, 2.75) is 64.6 Å². The number of anilines is 1. The van der Waals surface area contributed by atoms with Crippen molar-refractivity contribution < 1.29 is 27.1 Å². The fourth-order valence-corrected chi connectivity index (χ4v) is 7.19. The number of halogens is 1. The van der Waals surface area contributed by atoms with Crippen molar-refractivity contribution in [3.05, 3.63) is 42.1 Å². The van der Waals surface area contributed by atoms with Gasteiger partial charge in [-0.25, -0.2) is 19.1 Å². The Morgan fingerprint density at radius 2 is 1.98 bits per heavy atom. The van der Waals surface area contributed by atoms with Gasteiger partial charge in [0.25, 0.3) is 16.1 Å². The number of likely N-dealkylation sites (tertiary alicyclic amines) is 1. The van der Waals surface area contributed by atoms with Crippen LogP contribution in [0, 0.1) is 11.2 Å². The molecule has 1 spiro atoms. The maximum atomic E-state index is 14.2. The standard InChI is InChI=1S/C30H44FN7O5S/c1-5-38(21(2)3)29(39)25-14-22(31)6-9-26(25)43-27-15-33-20-34-28(27)37-18-30(19-37)10-12-36(13-11-30)16-24-8-7-23(17-42-24)35-44(40,41)32-4/h6,9,14-15,20-21,23-24,32,35H,5,7-8,10-13,16-19H2,1-4H3/t23-,24+/m1/s1. The molecule has 44 heavy (non-hydrogen) atoms. The van der Waals surface area contributed by atoms with Gasteiger partial charge in [0.2, 0.25) is 0 Å². The lowest BCUT2D eigenvalue weighted by molar-refractivity contribution is -0.0299. The first kappa shape index (κ1) is 32.5. The van der Waals surface area contributed by atoms with Crippen LogP contribution in [0.2, 0.25) is 0 Å². The molecule has 14 heteroatoms. The average molecular weight is 634 g/mol. The molecule has 0 bridgehead atoms. The summed E-state index contributed by atoms with van der Waals surface area (Å²) >= 11 is 0. The number of rotatable bonds is 11. The van der Waals surface area contributed by atoms with E-state index in [2.05, 4.69) is 29.2 Å². The fourth-order valence-electron chi connectivity index (χ4n) is 6.44. The van der Waals surface area contributed by atoms with Gasteiger partial charge in [-0.3, -0.25) is 4.79 Å². The number of piperidine rings is 1. The molecule has 3 fully saturated rings. The van der Waals surface area contributed by atoms with Gasteiger partial charge in [0.15, 0.2) is 11.6 Å². The lowest BCUT2D eigenvalue weighted by Gasteiger charge is -2.54. The first-order chi connectivity index (χ1) is 21.0. The third-order valence-electron chi connectivity index (χ3n) is 8.97. The Hall–Kier alpha value is -2.91. The number of hydrogen-bond donors (Lipinski definition) is 2. The minimum Gasteiger partial charge on any atom is -0.451 e. The SMILES string of the molecule is CCN(C(=O)c1cc(F)ccc1Oc1cncnc1N1CC2(CCN(C[C@@H]3CC[C@@H](NS(=O)(=O)NC)CO3)CC2)C1)C(C)C. The third kappa shape index (κ3) is 7.48. The molecular formula is C30H44FN7O5S. The molecule has 4 heterocycles. The molecule has 1 amide bonds. The molecule has 3 saturated heterocycles. The Morgan fingerprint density at radius 1 is 1.23 bits per heavy atom. The Kier molecular flexibility index (Phi) is 10.0. The van der Waals surface area contributed by atoms with Crippen molar-refractivity contribution in [3.63, 3.8) is 0 Å². The first-order valence-electron chi connectivity index (χ1n) is 15.4. The highest BCUT2D eigenvalue weighted by atomic mass is 32.2. The summed E-state index contributed by atoms with van der Waals surface area (Å²) in [6.07, 6.45) is 6.86. The van der Waals surface area contributed by atoms with E-state index in [1.165, 1.54) is 31.6 Å². The molecule has 2 aromatic rings. The van der Waals surface area contributed by atoms with Gasteiger partial charge in [-0.15, -0.1) is 0 Å². The molecule has 12 nitrogen and oxygen atoms in total. The van der Waals surface area contributed by atoms with Crippen LogP contribution >= 0.6 is 0 Å². The molecular weight excluding hydrogens is 589 g/mol. The maximum absolute atomic E-state index is 14.2. The van der Waals surface area contributed by atoms with Gasteiger partial charge in [-0.2, -0.15) is 13.1 Å². The van der Waals surface area contributed by atoms with Crippen molar-refractivity contribution in [2.24, 2.45) is 5.41 Å². The molecule has 0 unspecified atom stereocenters. The first-order valence-corrected chi connectivity index (χ1v) is 16.9. The molecule has 0 radical (unpaired) electrons. The summed E-state index contributed by atoms with van der Waals surface area (Å²) in [5.74, 6) is 0.564. The number of nitrogens with one attached hydrogen (secondary N) is 2. The number of aromatic nitrogens is 2. The van der Waals surface area contributed by atoms with Gasteiger partial charge < -0.3 is 24.2 Å². The second-order valence-electron chi connectivity index (χ2n) is 12.3. The molecule has 1 aromatic heterocycles. The van der Waals surface area contributed by atoms with Gasteiger partial charge in [0, 0.05) is 50.7 Å². The van der Waals surface area contributed by atoms with Gasteiger partial charge in [-0.05, 0) is 77.7 Å². The summed E-state index contributed by atoms with van der Waals surface area (Å²) in [4.78, 5) is 28.3. The molecule has 0 saturated carbocycles. The van der Waals surface area contributed by atoms with E-state index in [1.807, 2.05) is 20.8 Å². The van der Waals surface area contributed by atoms with Crippen LogP contribution in [0.4, 0.5) is 10.2 Å². The van der Waals surface area contributed by atoms with Crippen molar-refractivity contribution in [2.75, 3.05) is 57.8 Å². The van der Waals surface area contributed by atoms with Crippen LogP contribution < -0.4 is 19.1 Å². The zero-order valence-electron chi connectivity index (χ0n) is 26.0. The van der Waals surface area contributed by atoms with Gasteiger partial charge in [0.1, 0.15) is 17.9 Å². The summed E-state index contributed by atoms with van der Waals surface area (Å²) in [6, 6.07) is 3.75. The Morgan fingerprint density at radius 3 is 2.61 bits per heavy atom. The predicted octanol–water partition coefficient (Wildman–Crippen LogP) is 2.78. The van der Waals surface area contributed by atoms with E-state index in [-0.39, 0.29) is 40.8 Å². The number of carbonyl (C=O) groups excluding carboxylic acids is 1. The fraction of sp³-hybridized carbons (Fsp3) is 0.633. The summed E-state index contributed by atoms with van der Waals surface area (Å²) in [5, 5.41) is 0. The maximum Gasteiger partial charge on any atom is 0.276 e. The second-order valence-corrected chi connectivity index (χ2v) is 14.0. The molecule has 242 valence electrons. The zero-order chi connectivity index (χ0) is 31.5. The van der Waals surface area contributed by atoms with E-state index in [1.54, 1.807) is 11.1 Å². The molecule has 0 aliphatic carbocycles. The minimum absolute atomic E-state index is 0.0442.